The molecule has 0 atom stereocenters. The SMILES string of the molecule is c1ccc(-c2ccc(-c3nc(-c4ccccc4)nc(-c4ccc(-c5ccc(-c6ccc(-c7ccc8c(c7)sc7nc9ccccc9nc78)cc6)cc5)cc4)n3)cc2)cc1.c1ccc(-c2ccc(-c3nc(-c4ccccc4)nc(-c4ccc(-c5ccc(-c6ccc(-c7ccc8nc9sc%10ccccc%10c9nc8c7)cc6)cc5)cc4)n3)cc2)cc1. The maximum Gasteiger partial charge on any atom is 0.164 e. The minimum Gasteiger partial charge on any atom is -0.243 e. The molecule has 16 aromatic carbocycles. The predicted octanol–water partition coefficient (Wildman–Crippen LogP) is 27.7. The molecular weight excluding hydrogens is 1480 g/mol. The number of para-hydroxylation sites is 2. The van der Waals surface area contributed by atoms with Crippen LogP contribution in [-0.2, 0) is 0 Å². The van der Waals surface area contributed by atoms with Crippen molar-refractivity contribution in [2.24, 2.45) is 0 Å². The van der Waals surface area contributed by atoms with Crippen molar-refractivity contribution in [3.63, 3.8) is 0 Å². The van der Waals surface area contributed by atoms with Crippen molar-refractivity contribution in [2.45, 2.75) is 0 Å². The zero-order chi connectivity index (χ0) is 78.2. The van der Waals surface area contributed by atoms with E-state index in [1.165, 1.54) is 42.8 Å². The van der Waals surface area contributed by atoms with Gasteiger partial charge in [0.1, 0.15) is 20.7 Å². The zero-order valence-electron chi connectivity index (χ0n) is 63.4. The van der Waals surface area contributed by atoms with E-state index >= 15 is 0 Å². The molecule has 10 nitrogen and oxygen atoms in total. The molecule has 0 aliphatic heterocycles. The maximum atomic E-state index is 5.05. The first kappa shape index (κ1) is 70.5. The summed E-state index contributed by atoms with van der Waals surface area (Å²) in [6, 6.07) is 139. The lowest BCUT2D eigenvalue weighted by Crippen LogP contribution is -2.00. The minimum atomic E-state index is 0.635. The summed E-state index contributed by atoms with van der Waals surface area (Å²) in [5, 5.41) is 2.31. The second-order valence-corrected chi connectivity index (χ2v) is 31.1. The first-order valence-electron chi connectivity index (χ1n) is 39.1. The van der Waals surface area contributed by atoms with Gasteiger partial charge in [0.15, 0.2) is 34.9 Å². The van der Waals surface area contributed by atoms with Gasteiger partial charge in [0.25, 0.3) is 0 Å². The Morgan fingerprint density at radius 2 is 0.356 bits per heavy atom. The molecule has 118 heavy (non-hydrogen) atoms. The molecule has 22 rings (SSSR count). The lowest BCUT2D eigenvalue weighted by Gasteiger charge is -2.10. The van der Waals surface area contributed by atoms with Crippen LogP contribution in [0.1, 0.15) is 0 Å². The van der Waals surface area contributed by atoms with Crippen molar-refractivity contribution in [1.82, 2.24) is 49.8 Å². The molecule has 0 aliphatic carbocycles. The highest BCUT2D eigenvalue weighted by molar-refractivity contribution is 7.25. The molecule has 0 saturated heterocycles. The van der Waals surface area contributed by atoms with Gasteiger partial charge >= 0.3 is 0 Å². The minimum absolute atomic E-state index is 0.635. The van der Waals surface area contributed by atoms with Crippen LogP contribution in [0.15, 0.2) is 400 Å². The summed E-state index contributed by atoms with van der Waals surface area (Å²) in [5.74, 6) is 3.84. The van der Waals surface area contributed by atoms with E-state index in [1.54, 1.807) is 22.7 Å². The summed E-state index contributed by atoms with van der Waals surface area (Å²) in [5.41, 5.74) is 29.7. The van der Waals surface area contributed by atoms with Crippen LogP contribution in [0.25, 0.3) is 220 Å². The highest BCUT2D eigenvalue weighted by atomic mass is 32.1. The topological polar surface area (TPSA) is 129 Å². The van der Waals surface area contributed by atoms with Crippen LogP contribution in [0.3, 0.4) is 0 Å². The molecule has 0 fully saturated rings. The van der Waals surface area contributed by atoms with Gasteiger partial charge in [0.05, 0.1) is 22.1 Å². The molecule has 22 aromatic rings. The van der Waals surface area contributed by atoms with Gasteiger partial charge in [-0.2, -0.15) is 0 Å². The molecule has 552 valence electrons. The standard InChI is InChI=1S/2C53H33N5S/c1-3-9-34(10-4-1)35-23-27-42(28-24-35)51-56-50(41-11-5-2-6-12-41)57-52(58-51)43-29-25-39(26-30-43)37-17-15-36(16-18-37)38-19-21-40(22-20-38)44-31-32-45-48(33-44)59-53-49(45)54-46-13-7-8-14-47(46)55-53;1-3-9-34(10-4-1)35-23-27-42(28-24-35)51-56-50(41-11-5-2-6-12-41)57-52(58-51)43-29-25-39(26-30-43)37-17-15-36(16-18-37)38-19-21-40(22-20-38)44-31-32-46-47(33-44)54-49-45-13-7-8-14-48(45)59-53(49)55-46/h2*1-33H. The summed E-state index contributed by atoms with van der Waals surface area (Å²) in [6.45, 7) is 0. The van der Waals surface area contributed by atoms with Crippen molar-refractivity contribution < 1.29 is 0 Å². The van der Waals surface area contributed by atoms with Gasteiger partial charge in [0.2, 0.25) is 0 Å². The summed E-state index contributed by atoms with van der Waals surface area (Å²) in [4.78, 5) is 51.4. The van der Waals surface area contributed by atoms with Crippen molar-refractivity contribution in [1.29, 1.82) is 0 Å². The van der Waals surface area contributed by atoms with E-state index in [1.807, 2.05) is 97.1 Å². The fourth-order valence-corrected chi connectivity index (χ4v) is 17.4. The van der Waals surface area contributed by atoms with Gasteiger partial charge < -0.3 is 0 Å². The summed E-state index contributed by atoms with van der Waals surface area (Å²) < 4.78 is 2.41. The number of fused-ring (bicyclic) bond motifs is 8. The van der Waals surface area contributed by atoms with E-state index < -0.39 is 0 Å². The monoisotopic (exact) mass is 1540 g/mol. The quantitative estimate of drug-likeness (QED) is 0.104. The van der Waals surface area contributed by atoms with E-state index in [4.69, 9.17) is 49.8 Å². The van der Waals surface area contributed by atoms with E-state index in [-0.39, 0.29) is 0 Å². The molecule has 0 amide bonds. The predicted molar refractivity (Wildman–Crippen MR) is 488 cm³/mol. The van der Waals surface area contributed by atoms with Crippen molar-refractivity contribution >= 4 is 85.6 Å². The first-order valence-corrected chi connectivity index (χ1v) is 40.8. The fraction of sp³-hybridized carbons (Fsp3) is 0. The average molecular weight is 1540 g/mol. The highest BCUT2D eigenvalue weighted by Gasteiger charge is 2.19. The third kappa shape index (κ3) is 14.3. The number of nitrogens with zero attached hydrogens (tertiary/aromatic N) is 10. The van der Waals surface area contributed by atoms with Crippen LogP contribution in [0.5, 0.6) is 0 Å². The number of aromatic nitrogens is 10. The molecule has 6 aromatic heterocycles. The normalized spacial score (nSPS) is 11.4. The Morgan fingerprint density at radius 1 is 0.136 bits per heavy atom. The van der Waals surface area contributed by atoms with Gasteiger partial charge in [-0.05, 0) is 125 Å². The lowest BCUT2D eigenvalue weighted by atomic mass is 9.97. The molecular formula is C106H66N10S2. The van der Waals surface area contributed by atoms with Crippen LogP contribution < -0.4 is 0 Å². The third-order valence-electron chi connectivity index (χ3n) is 21.6. The number of rotatable bonds is 14. The second kappa shape index (κ2) is 30.9. The van der Waals surface area contributed by atoms with Crippen molar-refractivity contribution in [3.05, 3.63) is 400 Å². The molecule has 0 spiro atoms. The zero-order valence-corrected chi connectivity index (χ0v) is 65.0. The molecule has 0 aliphatic rings. The Hall–Kier alpha value is -15.3. The van der Waals surface area contributed by atoms with Gasteiger partial charge in [0, 0.05) is 53.6 Å². The number of benzene rings is 16. The molecule has 0 radical (unpaired) electrons. The van der Waals surface area contributed by atoms with Crippen LogP contribution in [0.2, 0.25) is 0 Å². The van der Waals surface area contributed by atoms with Crippen LogP contribution in [0.4, 0.5) is 0 Å². The largest absolute Gasteiger partial charge is 0.243 e. The summed E-state index contributed by atoms with van der Waals surface area (Å²) >= 11 is 3.40. The number of hydrogen-bond acceptors (Lipinski definition) is 12. The van der Waals surface area contributed by atoms with Gasteiger partial charge in [-0.3, -0.25) is 0 Å². The summed E-state index contributed by atoms with van der Waals surface area (Å²) in [7, 11) is 0. The molecule has 0 saturated carbocycles. The second-order valence-electron chi connectivity index (χ2n) is 29.1. The highest BCUT2D eigenvalue weighted by Crippen LogP contribution is 2.40. The Labute approximate surface area is 688 Å². The van der Waals surface area contributed by atoms with Gasteiger partial charge in [-0.1, -0.05) is 364 Å². The number of thiophene rings is 2. The Kier molecular flexibility index (Phi) is 18.4. The van der Waals surface area contributed by atoms with Crippen LogP contribution >= 0.6 is 22.7 Å². The van der Waals surface area contributed by atoms with E-state index in [0.29, 0.717) is 34.9 Å². The lowest BCUT2D eigenvalue weighted by molar-refractivity contribution is 1.07. The molecule has 0 bridgehead atoms. The molecule has 12 heteroatoms. The third-order valence-corrected chi connectivity index (χ3v) is 23.7. The first-order chi connectivity index (χ1) is 58.4. The van der Waals surface area contributed by atoms with Crippen molar-refractivity contribution in [3.8, 4) is 157 Å². The molecule has 6 heterocycles. The smallest absolute Gasteiger partial charge is 0.164 e. The van der Waals surface area contributed by atoms with Crippen LogP contribution in [0, 0.1) is 0 Å². The fourth-order valence-electron chi connectivity index (χ4n) is 15.3. The Morgan fingerprint density at radius 3 is 0.712 bits per heavy atom. The Balaban J connectivity index is 0.000000147. The van der Waals surface area contributed by atoms with E-state index in [2.05, 4.69) is 303 Å². The van der Waals surface area contributed by atoms with Crippen molar-refractivity contribution in [2.75, 3.05) is 0 Å². The van der Waals surface area contributed by atoms with Gasteiger partial charge in [-0.15, -0.1) is 22.7 Å². The molecule has 0 unspecified atom stereocenters. The molecule has 0 N–H and O–H groups in total. The number of hydrogen-bond donors (Lipinski definition) is 0. The maximum absolute atomic E-state index is 5.05. The summed E-state index contributed by atoms with van der Waals surface area (Å²) in [6.07, 6.45) is 0. The Bertz CT molecular complexity index is 7440. The van der Waals surface area contributed by atoms with Gasteiger partial charge in [-0.25, -0.2) is 49.8 Å². The van der Waals surface area contributed by atoms with E-state index in [0.717, 1.165) is 143 Å². The van der Waals surface area contributed by atoms with Crippen LogP contribution in [-0.4, -0.2) is 49.8 Å². The average Bonchev–Trinajstić information content (AvgIpc) is 1.59. The van der Waals surface area contributed by atoms with E-state index in [9.17, 15) is 0 Å².